The highest BCUT2D eigenvalue weighted by atomic mass is 32.1. The maximum absolute atomic E-state index is 12.5. The molecule has 1 aromatic carbocycles. The van der Waals surface area contributed by atoms with E-state index in [4.69, 9.17) is 4.74 Å². The number of hydrogen-bond donors (Lipinski definition) is 0. The predicted octanol–water partition coefficient (Wildman–Crippen LogP) is 2.41. The Morgan fingerprint density at radius 1 is 1.32 bits per heavy atom. The van der Waals surface area contributed by atoms with E-state index in [1.165, 1.54) is 21.8 Å². The Balaban J connectivity index is 1.40. The second-order valence-corrected chi connectivity index (χ2v) is 7.66. The minimum absolute atomic E-state index is 0.0605. The molecule has 144 valence electrons. The van der Waals surface area contributed by atoms with Crippen LogP contribution in [0.5, 0.6) is 0 Å². The van der Waals surface area contributed by atoms with E-state index in [1.54, 1.807) is 16.5 Å². The Bertz CT molecular complexity index is 1080. The van der Waals surface area contributed by atoms with Crippen LogP contribution in [0.1, 0.15) is 30.6 Å². The summed E-state index contributed by atoms with van der Waals surface area (Å²) >= 11 is 1.34. The van der Waals surface area contributed by atoms with Crippen molar-refractivity contribution in [2.24, 2.45) is 5.92 Å². The average molecular weight is 397 g/mol. The highest BCUT2D eigenvalue weighted by Gasteiger charge is 2.37. The van der Waals surface area contributed by atoms with Crippen LogP contribution in [0.4, 0.5) is 0 Å². The summed E-state index contributed by atoms with van der Waals surface area (Å²) in [6.07, 6.45) is 1.79. The number of amides is 1. The molecule has 7 nitrogen and oxygen atoms in total. The van der Waals surface area contributed by atoms with Crippen LogP contribution >= 0.6 is 11.3 Å². The number of benzene rings is 1. The molecule has 1 aliphatic heterocycles. The van der Waals surface area contributed by atoms with Crippen molar-refractivity contribution in [3.8, 4) is 0 Å². The molecule has 3 aromatic rings. The normalized spacial score (nSPS) is 17.8. The van der Waals surface area contributed by atoms with Crippen LogP contribution in [0.2, 0.25) is 0 Å². The van der Waals surface area contributed by atoms with E-state index in [1.807, 2.05) is 37.3 Å². The van der Waals surface area contributed by atoms with Crippen molar-refractivity contribution in [1.82, 2.24) is 14.3 Å². The number of fused-ring (bicyclic) bond motifs is 1. The molecule has 4 rings (SSSR count). The fraction of sp³-hybridized carbons (Fsp3) is 0.300. The number of ether oxygens (including phenoxy) is 1. The molecule has 2 atom stereocenters. The van der Waals surface area contributed by atoms with Gasteiger partial charge in [0.25, 0.3) is 5.56 Å². The number of carbonyl (C=O) groups excluding carboxylic acids is 2. The Morgan fingerprint density at radius 2 is 2.11 bits per heavy atom. The third-order valence-electron chi connectivity index (χ3n) is 4.96. The standard InChI is InChI=1S/C20H19N3O4S/c1-13(14-5-3-2-4-6-14)23-11-15(9-17(23)24)19(26)27-12-16-10-18(25)22-7-8-28-20(22)21-16/h2-8,10,13,15H,9,11-12H2,1H3/t13-,15-/m0/s1. The summed E-state index contributed by atoms with van der Waals surface area (Å²) in [6.45, 7) is 2.20. The van der Waals surface area contributed by atoms with Gasteiger partial charge in [0.05, 0.1) is 17.7 Å². The van der Waals surface area contributed by atoms with E-state index in [2.05, 4.69) is 4.98 Å². The van der Waals surface area contributed by atoms with Crippen molar-refractivity contribution >= 4 is 28.2 Å². The zero-order valence-corrected chi connectivity index (χ0v) is 16.1. The number of aromatic nitrogens is 2. The molecule has 3 heterocycles. The summed E-state index contributed by atoms with van der Waals surface area (Å²) in [7, 11) is 0. The van der Waals surface area contributed by atoms with E-state index < -0.39 is 11.9 Å². The number of likely N-dealkylation sites (tertiary alicyclic amines) is 1. The van der Waals surface area contributed by atoms with Crippen LogP contribution in [-0.2, 0) is 20.9 Å². The lowest BCUT2D eigenvalue weighted by Gasteiger charge is -2.25. The first-order chi connectivity index (χ1) is 13.5. The van der Waals surface area contributed by atoms with E-state index in [9.17, 15) is 14.4 Å². The second-order valence-electron chi connectivity index (χ2n) is 6.78. The second kappa shape index (κ2) is 7.55. The maximum Gasteiger partial charge on any atom is 0.311 e. The molecule has 0 spiro atoms. The zero-order chi connectivity index (χ0) is 19.7. The molecule has 8 heteroatoms. The Morgan fingerprint density at radius 3 is 2.89 bits per heavy atom. The largest absolute Gasteiger partial charge is 0.459 e. The monoisotopic (exact) mass is 397 g/mol. The average Bonchev–Trinajstić information content (AvgIpc) is 3.33. The first-order valence-electron chi connectivity index (χ1n) is 9.00. The molecule has 1 fully saturated rings. The lowest BCUT2D eigenvalue weighted by Crippen LogP contribution is -2.29. The third kappa shape index (κ3) is 3.55. The zero-order valence-electron chi connectivity index (χ0n) is 15.3. The molecule has 0 radical (unpaired) electrons. The lowest BCUT2D eigenvalue weighted by atomic mass is 10.1. The maximum atomic E-state index is 12.5. The molecule has 1 saturated heterocycles. The molecule has 0 unspecified atom stereocenters. The van der Waals surface area contributed by atoms with Crippen molar-refractivity contribution in [3.05, 3.63) is 69.6 Å². The quantitative estimate of drug-likeness (QED) is 0.618. The van der Waals surface area contributed by atoms with Gasteiger partial charge in [0.1, 0.15) is 6.61 Å². The summed E-state index contributed by atoms with van der Waals surface area (Å²) in [5, 5.41) is 1.77. The van der Waals surface area contributed by atoms with Gasteiger partial charge in [0.15, 0.2) is 4.96 Å². The van der Waals surface area contributed by atoms with Gasteiger partial charge >= 0.3 is 5.97 Å². The number of rotatable bonds is 5. The van der Waals surface area contributed by atoms with E-state index in [0.717, 1.165) is 5.56 Å². The molecule has 0 bridgehead atoms. The SMILES string of the molecule is C[C@@H](c1ccccc1)N1C[C@@H](C(=O)OCc2cc(=O)n3ccsc3n2)CC1=O. The minimum Gasteiger partial charge on any atom is -0.459 e. The molecule has 0 saturated carbocycles. The van der Waals surface area contributed by atoms with Gasteiger partial charge in [-0.25, -0.2) is 4.98 Å². The molecule has 1 amide bonds. The molecular weight excluding hydrogens is 378 g/mol. The van der Waals surface area contributed by atoms with Crippen LogP contribution in [0.3, 0.4) is 0 Å². The van der Waals surface area contributed by atoms with E-state index in [-0.39, 0.29) is 30.5 Å². The Labute approximate surface area is 165 Å². The minimum atomic E-state index is -0.509. The molecule has 1 aliphatic rings. The van der Waals surface area contributed by atoms with Crippen LogP contribution in [0, 0.1) is 5.92 Å². The summed E-state index contributed by atoms with van der Waals surface area (Å²) < 4.78 is 6.79. The van der Waals surface area contributed by atoms with Crippen molar-refractivity contribution < 1.29 is 14.3 Å². The fourth-order valence-corrected chi connectivity index (χ4v) is 4.14. The van der Waals surface area contributed by atoms with Crippen molar-refractivity contribution in [2.75, 3.05) is 6.54 Å². The Kier molecular flexibility index (Phi) is 4.95. The molecular formula is C20H19N3O4S. The van der Waals surface area contributed by atoms with Crippen LogP contribution < -0.4 is 5.56 Å². The number of nitrogens with zero attached hydrogens (tertiary/aromatic N) is 3. The Hall–Kier alpha value is -3.00. The molecule has 0 N–H and O–H groups in total. The van der Waals surface area contributed by atoms with E-state index >= 15 is 0 Å². The van der Waals surface area contributed by atoms with Crippen LogP contribution in [0.25, 0.3) is 4.96 Å². The third-order valence-corrected chi connectivity index (χ3v) is 5.72. The number of carbonyl (C=O) groups is 2. The topological polar surface area (TPSA) is 81.0 Å². The van der Waals surface area contributed by atoms with E-state index in [0.29, 0.717) is 17.2 Å². The number of hydrogen-bond acceptors (Lipinski definition) is 6. The van der Waals surface area contributed by atoms with Crippen molar-refractivity contribution in [2.45, 2.75) is 26.0 Å². The van der Waals surface area contributed by atoms with Crippen LogP contribution in [-0.4, -0.2) is 32.7 Å². The van der Waals surface area contributed by atoms with Gasteiger partial charge in [0.2, 0.25) is 5.91 Å². The lowest BCUT2D eigenvalue weighted by molar-refractivity contribution is -0.149. The molecule has 28 heavy (non-hydrogen) atoms. The van der Waals surface area contributed by atoms with Gasteiger partial charge in [-0.2, -0.15) is 0 Å². The van der Waals surface area contributed by atoms with Gasteiger partial charge in [-0.3, -0.25) is 18.8 Å². The van der Waals surface area contributed by atoms with Crippen molar-refractivity contribution in [1.29, 1.82) is 0 Å². The smallest absolute Gasteiger partial charge is 0.311 e. The van der Waals surface area contributed by atoms with Gasteiger partial charge in [0, 0.05) is 30.6 Å². The van der Waals surface area contributed by atoms with Gasteiger partial charge in [-0.1, -0.05) is 30.3 Å². The number of thiazole rings is 1. The first kappa shape index (κ1) is 18.4. The summed E-state index contributed by atoms with van der Waals surface area (Å²) in [4.78, 5) is 43.4. The highest BCUT2D eigenvalue weighted by Crippen LogP contribution is 2.29. The fourth-order valence-electron chi connectivity index (χ4n) is 3.40. The van der Waals surface area contributed by atoms with Crippen molar-refractivity contribution in [3.63, 3.8) is 0 Å². The van der Waals surface area contributed by atoms with Gasteiger partial charge in [-0.05, 0) is 12.5 Å². The summed E-state index contributed by atoms with van der Waals surface area (Å²) in [6, 6.07) is 11.0. The summed E-state index contributed by atoms with van der Waals surface area (Å²) in [5.74, 6) is -1.01. The highest BCUT2D eigenvalue weighted by molar-refractivity contribution is 7.15. The first-order valence-corrected chi connectivity index (χ1v) is 9.87. The summed E-state index contributed by atoms with van der Waals surface area (Å²) in [5.41, 5.74) is 1.22. The van der Waals surface area contributed by atoms with Gasteiger partial charge in [-0.15, -0.1) is 11.3 Å². The predicted molar refractivity (Wildman–Crippen MR) is 104 cm³/mol. The van der Waals surface area contributed by atoms with Gasteiger partial charge < -0.3 is 9.64 Å². The van der Waals surface area contributed by atoms with Crippen LogP contribution in [0.15, 0.2) is 52.8 Å². The number of esters is 1. The molecule has 0 aliphatic carbocycles. The molecule has 2 aromatic heterocycles.